The molecule has 0 heterocycles. The molecule has 12 heavy (non-hydrogen) atoms. The number of hydrogen-bond acceptors (Lipinski definition) is 1. The zero-order valence-electron chi connectivity index (χ0n) is 8.22. The van der Waals surface area contributed by atoms with E-state index in [1.807, 2.05) is 0 Å². The van der Waals surface area contributed by atoms with Crippen LogP contribution in [-0.2, 0) is 0 Å². The van der Waals surface area contributed by atoms with Crippen LogP contribution in [0.4, 0.5) is 0 Å². The summed E-state index contributed by atoms with van der Waals surface area (Å²) in [6.45, 7) is 6.66. The maximum absolute atomic E-state index is 4.60. The van der Waals surface area contributed by atoms with E-state index in [1.165, 1.54) is 19.3 Å². The van der Waals surface area contributed by atoms with Gasteiger partial charge in [0.25, 0.3) is 0 Å². The molecule has 0 aromatic heterocycles. The summed E-state index contributed by atoms with van der Waals surface area (Å²) in [5.41, 5.74) is 1.55. The van der Waals surface area contributed by atoms with Gasteiger partial charge in [0, 0.05) is 4.75 Å². The first-order valence-corrected chi connectivity index (χ1v) is 4.83. The molecule has 0 N–H and O–H groups in total. The summed E-state index contributed by atoms with van der Waals surface area (Å²) in [7, 11) is 0. The number of hydrogen-bond donors (Lipinski definition) is 1. The third-order valence-electron chi connectivity index (χ3n) is 2.64. The van der Waals surface area contributed by atoms with Crippen LogP contribution in [-0.4, -0.2) is 4.75 Å². The van der Waals surface area contributed by atoms with Crippen LogP contribution in [0.5, 0.6) is 0 Å². The molecule has 0 spiro atoms. The summed E-state index contributed by atoms with van der Waals surface area (Å²) in [6.07, 6.45) is 6.18. The van der Waals surface area contributed by atoms with Gasteiger partial charge in [0.05, 0.1) is 0 Å². The lowest BCUT2D eigenvalue weighted by Crippen LogP contribution is -2.25. The van der Waals surface area contributed by atoms with Crippen molar-refractivity contribution in [1.29, 1.82) is 0 Å². The summed E-state index contributed by atoms with van der Waals surface area (Å²) in [5, 5.41) is 0. The molecule has 1 atom stereocenters. The molecule has 1 aliphatic carbocycles. The number of thiol groups is 1. The number of allylic oxidation sites excluding steroid dienone is 2. The van der Waals surface area contributed by atoms with Crippen LogP contribution in [0.25, 0.3) is 0 Å². The van der Waals surface area contributed by atoms with Crippen molar-refractivity contribution < 1.29 is 0 Å². The quantitative estimate of drug-likeness (QED) is 0.490. The average Bonchev–Trinajstić information content (AvgIpc) is 1.86. The highest BCUT2D eigenvalue weighted by atomic mass is 32.1. The Morgan fingerprint density at radius 1 is 1.50 bits per heavy atom. The van der Waals surface area contributed by atoms with Gasteiger partial charge in [-0.1, -0.05) is 25.5 Å². The minimum absolute atomic E-state index is 0. The van der Waals surface area contributed by atoms with Crippen molar-refractivity contribution in [3.05, 3.63) is 11.6 Å². The molecular weight excluding hydrogens is 184 g/mol. The largest absolute Gasteiger partial charge is 0.197 e. The van der Waals surface area contributed by atoms with Crippen LogP contribution in [0.2, 0.25) is 0 Å². The van der Waals surface area contributed by atoms with Gasteiger partial charge in [-0.15, -0.1) is 0 Å². The van der Waals surface area contributed by atoms with Gasteiger partial charge >= 0.3 is 0 Å². The molecule has 0 aliphatic heterocycles. The van der Waals surface area contributed by atoms with E-state index in [-0.39, 0.29) is 18.2 Å². The van der Waals surface area contributed by atoms with E-state index in [2.05, 4.69) is 39.5 Å². The monoisotopic (exact) mass is 204 g/mol. The third-order valence-corrected chi connectivity index (χ3v) is 3.00. The Bertz CT molecular complexity index is 165. The molecule has 2 heteroatoms. The van der Waals surface area contributed by atoms with Crippen molar-refractivity contribution in [3.63, 3.8) is 0 Å². The summed E-state index contributed by atoms with van der Waals surface area (Å²) in [6, 6.07) is 0. The highest BCUT2D eigenvalue weighted by molar-refractivity contribution is 7.81. The van der Waals surface area contributed by atoms with E-state index in [0.29, 0.717) is 0 Å². The molecule has 0 saturated carbocycles. The fourth-order valence-electron chi connectivity index (χ4n) is 1.61. The van der Waals surface area contributed by atoms with E-state index < -0.39 is 0 Å². The summed E-state index contributed by atoms with van der Waals surface area (Å²) < 4.78 is 0.206. The van der Waals surface area contributed by atoms with E-state index >= 15 is 0 Å². The first-order chi connectivity index (χ1) is 5.00. The van der Waals surface area contributed by atoms with Crippen molar-refractivity contribution in [3.8, 4) is 0 Å². The standard InChI is InChI=1S/C10H18S.H2S/c1-8-4-6-9(7-5-8)10(2,3)11;/h4,9,11H,5-7H2,1-3H3;1H2. The Kier molecular flexibility index (Phi) is 4.78. The first-order valence-electron chi connectivity index (χ1n) is 4.38. The van der Waals surface area contributed by atoms with Crippen molar-refractivity contribution in [1.82, 2.24) is 0 Å². The van der Waals surface area contributed by atoms with E-state index in [1.54, 1.807) is 5.57 Å². The molecule has 1 rings (SSSR count). The van der Waals surface area contributed by atoms with E-state index in [9.17, 15) is 0 Å². The van der Waals surface area contributed by atoms with Crippen LogP contribution in [0.3, 0.4) is 0 Å². The maximum atomic E-state index is 4.60. The van der Waals surface area contributed by atoms with Crippen LogP contribution >= 0.6 is 26.1 Å². The van der Waals surface area contributed by atoms with Gasteiger partial charge < -0.3 is 0 Å². The normalized spacial score (nSPS) is 24.3. The van der Waals surface area contributed by atoms with Crippen molar-refractivity contribution in [2.45, 2.75) is 44.8 Å². The van der Waals surface area contributed by atoms with Gasteiger partial charge in [0.15, 0.2) is 0 Å². The van der Waals surface area contributed by atoms with Crippen LogP contribution in [0, 0.1) is 5.92 Å². The Balaban J connectivity index is 0.00000121. The highest BCUT2D eigenvalue weighted by Gasteiger charge is 2.25. The predicted molar refractivity (Wildman–Crippen MR) is 64.5 cm³/mol. The van der Waals surface area contributed by atoms with Crippen LogP contribution < -0.4 is 0 Å². The summed E-state index contributed by atoms with van der Waals surface area (Å²) in [5.74, 6) is 0.773. The van der Waals surface area contributed by atoms with Gasteiger partial charge in [-0.05, 0) is 32.1 Å². The Labute approximate surface area is 88.7 Å². The summed E-state index contributed by atoms with van der Waals surface area (Å²) >= 11 is 4.60. The fraction of sp³-hybridized carbons (Fsp3) is 0.800. The van der Waals surface area contributed by atoms with Gasteiger partial charge in [-0.2, -0.15) is 26.1 Å². The second-order valence-corrected chi connectivity index (χ2v) is 5.33. The molecular formula is C10H20S2. The zero-order chi connectivity index (χ0) is 8.48. The second-order valence-electron chi connectivity index (χ2n) is 4.18. The topological polar surface area (TPSA) is 0 Å². The Morgan fingerprint density at radius 2 is 2.08 bits per heavy atom. The second kappa shape index (κ2) is 4.61. The number of rotatable bonds is 1. The molecule has 1 unspecified atom stereocenters. The van der Waals surface area contributed by atoms with Crippen molar-refractivity contribution in [2.75, 3.05) is 0 Å². The van der Waals surface area contributed by atoms with Gasteiger partial charge in [-0.25, -0.2) is 0 Å². The molecule has 0 aromatic rings. The molecule has 0 amide bonds. The molecule has 0 bridgehead atoms. The zero-order valence-corrected chi connectivity index (χ0v) is 10.1. The lowest BCUT2D eigenvalue weighted by Gasteiger charge is -2.31. The molecule has 0 saturated heterocycles. The minimum Gasteiger partial charge on any atom is -0.197 e. The lowest BCUT2D eigenvalue weighted by molar-refractivity contribution is 0.387. The lowest BCUT2D eigenvalue weighted by atomic mass is 9.82. The van der Waals surface area contributed by atoms with Gasteiger partial charge in [-0.3, -0.25) is 0 Å². The maximum Gasteiger partial charge on any atom is 0.0104 e. The van der Waals surface area contributed by atoms with Crippen LogP contribution in [0.15, 0.2) is 11.6 Å². The van der Waals surface area contributed by atoms with Crippen LogP contribution in [0.1, 0.15) is 40.0 Å². The fourth-order valence-corrected chi connectivity index (χ4v) is 1.84. The first kappa shape index (κ1) is 12.4. The smallest absolute Gasteiger partial charge is 0.0104 e. The molecule has 0 fully saturated rings. The molecule has 0 aromatic carbocycles. The Hall–Kier alpha value is 0.440. The average molecular weight is 204 g/mol. The minimum atomic E-state index is 0. The summed E-state index contributed by atoms with van der Waals surface area (Å²) in [4.78, 5) is 0. The van der Waals surface area contributed by atoms with E-state index in [4.69, 9.17) is 0 Å². The van der Waals surface area contributed by atoms with Gasteiger partial charge in [0.2, 0.25) is 0 Å². The Morgan fingerprint density at radius 3 is 2.42 bits per heavy atom. The van der Waals surface area contributed by atoms with Crippen molar-refractivity contribution >= 4 is 26.1 Å². The molecule has 72 valence electrons. The predicted octanol–water partition coefficient (Wildman–Crippen LogP) is 3.55. The molecule has 0 radical (unpaired) electrons. The molecule has 1 aliphatic rings. The third kappa shape index (κ3) is 3.44. The SMILES string of the molecule is CC1=CCC(C(C)(C)S)CC1.S. The highest BCUT2D eigenvalue weighted by Crippen LogP contribution is 2.35. The van der Waals surface area contributed by atoms with Crippen molar-refractivity contribution in [2.24, 2.45) is 5.92 Å². The van der Waals surface area contributed by atoms with E-state index in [0.717, 1.165) is 5.92 Å². The molecule has 0 nitrogen and oxygen atoms in total. The van der Waals surface area contributed by atoms with Gasteiger partial charge in [0.1, 0.15) is 0 Å².